The van der Waals surface area contributed by atoms with Crippen molar-refractivity contribution in [3.8, 4) is 0 Å². The van der Waals surface area contributed by atoms with E-state index in [1.54, 1.807) is 18.0 Å². The summed E-state index contributed by atoms with van der Waals surface area (Å²) in [5, 5.41) is 11.6. The van der Waals surface area contributed by atoms with Gasteiger partial charge in [0.15, 0.2) is 5.17 Å². The summed E-state index contributed by atoms with van der Waals surface area (Å²) in [6, 6.07) is 7.97. The van der Waals surface area contributed by atoms with Crippen LogP contribution in [0.25, 0.3) is 16.7 Å². The number of fused-ring (bicyclic) bond motifs is 2. The van der Waals surface area contributed by atoms with Crippen molar-refractivity contribution in [1.82, 2.24) is 4.90 Å². The van der Waals surface area contributed by atoms with Crippen molar-refractivity contribution in [2.75, 3.05) is 19.7 Å². The highest BCUT2D eigenvalue weighted by atomic mass is 32.2. The number of hydrogen-bond donors (Lipinski definition) is 1. The first-order valence-corrected chi connectivity index (χ1v) is 7.00. The molecule has 0 fully saturated rings. The lowest BCUT2D eigenvalue weighted by molar-refractivity contribution is 0.339. The molecular formula is C14H12N2O2S. The van der Waals surface area contributed by atoms with Crippen LogP contribution in [0.15, 0.2) is 44.8 Å². The molecule has 0 aliphatic carbocycles. The Morgan fingerprint density at radius 2 is 2.26 bits per heavy atom. The molecule has 4 rings (SSSR count). The molecule has 1 N–H and O–H groups in total. The highest BCUT2D eigenvalue weighted by Crippen LogP contribution is 2.43. The van der Waals surface area contributed by atoms with Gasteiger partial charge in [-0.05, 0) is 6.07 Å². The van der Waals surface area contributed by atoms with Gasteiger partial charge >= 0.3 is 0 Å². The van der Waals surface area contributed by atoms with Crippen molar-refractivity contribution >= 4 is 33.6 Å². The lowest BCUT2D eigenvalue weighted by Crippen LogP contribution is -2.19. The summed E-state index contributed by atoms with van der Waals surface area (Å²) in [5.41, 5.74) is 2.96. The van der Waals surface area contributed by atoms with Gasteiger partial charge in [0.25, 0.3) is 0 Å². The molecule has 1 aromatic heterocycles. The Balaban J connectivity index is 1.92. The van der Waals surface area contributed by atoms with Crippen molar-refractivity contribution in [3.05, 3.63) is 41.0 Å². The van der Waals surface area contributed by atoms with E-state index in [2.05, 4.69) is 9.89 Å². The highest BCUT2D eigenvalue weighted by Gasteiger charge is 2.33. The van der Waals surface area contributed by atoms with E-state index < -0.39 is 0 Å². The van der Waals surface area contributed by atoms with Crippen LogP contribution in [-0.4, -0.2) is 34.9 Å². The molecule has 0 spiro atoms. The Kier molecular flexibility index (Phi) is 2.43. The van der Waals surface area contributed by atoms with Gasteiger partial charge in [-0.25, -0.2) is 0 Å². The van der Waals surface area contributed by atoms with E-state index in [1.165, 1.54) is 0 Å². The standard InChI is InChI=1S/C14H12N2O2S/c17-7-12-13(16-6-5-15-14(16)19-12)10-8-18-11-4-2-1-3-9(10)11/h1-4,8,17H,5-7H2. The zero-order chi connectivity index (χ0) is 12.8. The van der Waals surface area contributed by atoms with Crippen LogP contribution >= 0.6 is 11.8 Å². The van der Waals surface area contributed by atoms with Crippen LogP contribution < -0.4 is 0 Å². The minimum absolute atomic E-state index is 0.0367. The van der Waals surface area contributed by atoms with Crippen molar-refractivity contribution in [2.24, 2.45) is 4.99 Å². The van der Waals surface area contributed by atoms with E-state index in [0.29, 0.717) is 0 Å². The molecule has 0 amide bonds. The minimum atomic E-state index is 0.0367. The van der Waals surface area contributed by atoms with Gasteiger partial charge in [0.1, 0.15) is 11.8 Å². The summed E-state index contributed by atoms with van der Waals surface area (Å²) >= 11 is 1.56. The third-order valence-corrected chi connectivity index (χ3v) is 4.53. The van der Waals surface area contributed by atoms with E-state index in [9.17, 15) is 5.11 Å². The molecular weight excluding hydrogens is 260 g/mol. The molecule has 5 heteroatoms. The summed E-state index contributed by atoms with van der Waals surface area (Å²) in [6.07, 6.45) is 1.78. The zero-order valence-electron chi connectivity index (χ0n) is 10.2. The number of aliphatic hydroxyl groups excluding tert-OH is 1. The van der Waals surface area contributed by atoms with E-state index in [1.807, 2.05) is 24.3 Å². The van der Waals surface area contributed by atoms with Gasteiger partial charge in [-0.1, -0.05) is 30.0 Å². The molecule has 0 saturated heterocycles. The number of amidine groups is 1. The SMILES string of the molecule is OCC1=C(c2coc3ccccc23)N2CCN=C2S1. The largest absolute Gasteiger partial charge is 0.464 e. The van der Waals surface area contributed by atoms with Crippen molar-refractivity contribution in [1.29, 1.82) is 0 Å². The number of aliphatic imine (C=N–C) groups is 1. The van der Waals surface area contributed by atoms with Gasteiger partial charge in [0.05, 0.1) is 18.8 Å². The number of aliphatic hydroxyl groups is 1. The third-order valence-electron chi connectivity index (χ3n) is 3.43. The van der Waals surface area contributed by atoms with Crippen molar-refractivity contribution in [3.63, 3.8) is 0 Å². The van der Waals surface area contributed by atoms with Gasteiger partial charge in [-0.2, -0.15) is 0 Å². The van der Waals surface area contributed by atoms with E-state index in [-0.39, 0.29) is 6.61 Å². The normalized spacial score (nSPS) is 18.4. The van der Waals surface area contributed by atoms with Gasteiger partial charge in [0.2, 0.25) is 0 Å². The Bertz CT molecular complexity index is 717. The first kappa shape index (κ1) is 11.1. The van der Waals surface area contributed by atoms with Crippen molar-refractivity contribution < 1.29 is 9.52 Å². The Morgan fingerprint density at radius 3 is 3.16 bits per heavy atom. The van der Waals surface area contributed by atoms with Gasteiger partial charge in [-0.3, -0.25) is 4.99 Å². The maximum Gasteiger partial charge on any atom is 0.168 e. The molecule has 0 saturated carbocycles. The smallest absolute Gasteiger partial charge is 0.168 e. The van der Waals surface area contributed by atoms with Gasteiger partial charge < -0.3 is 14.4 Å². The average molecular weight is 272 g/mol. The average Bonchev–Trinajstić information content (AvgIpc) is 3.11. The quantitative estimate of drug-likeness (QED) is 0.912. The third kappa shape index (κ3) is 1.55. The van der Waals surface area contributed by atoms with Crippen LogP contribution in [0.2, 0.25) is 0 Å². The summed E-state index contributed by atoms with van der Waals surface area (Å²) < 4.78 is 5.61. The molecule has 4 nitrogen and oxygen atoms in total. The van der Waals surface area contributed by atoms with E-state index in [0.717, 1.165) is 45.4 Å². The lowest BCUT2D eigenvalue weighted by Gasteiger charge is -2.15. The number of hydrogen-bond acceptors (Lipinski definition) is 5. The second-order valence-corrected chi connectivity index (χ2v) is 5.56. The molecule has 0 atom stereocenters. The summed E-state index contributed by atoms with van der Waals surface area (Å²) in [4.78, 5) is 7.58. The second-order valence-electron chi connectivity index (χ2n) is 4.49. The van der Waals surface area contributed by atoms with E-state index >= 15 is 0 Å². The van der Waals surface area contributed by atoms with Crippen LogP contribution in [-0.2, 0) is 0 Å². The highest BCUT2D eigenvalue weighted by molar-refractivity contribution is 8.17. The maximum absolute atomic E-state index is 9.57. The number of furan rings is 1. The summed E-state index contributed by atoms with van der Waals surface area (Å²) in [7, 11) is 0. The summed E-state index contributed by atoms with van der Waals surface area (Å²) in [6.45, 7) is 1.73. The predicted molar refractivity (Wildman–Crippen MR) is 76.8 cm³/mol. The van der Waals surface area contributed by atoms with Crippen LogP contribution in [0.3, 0.4) is 0 Å². The molecule has 0 radical (unpaired) electrons. The van der Waals surface area contributed by atoms with Crippen molar-refractivity contribution in [2.45, 2.75) is 0 Å². The van der Waals surface area contributed by atoms with Crippen LogP contribution in [0.5, 0.6) is 0 Å². The number of para-hydroxylation sites is 1. The van der Waals surface area contributed by atoms with Gasteiger partial charge in [0, 0.05) is 22.4 Å². The monoisotopic (exact) mass is 272 g/mol. The molecule has 3 heterocycles. The Labute approximate surface area is 114 Å². The zero-order valence-corrected chi connectivity index (χ0v) is 11.0. The van der Waals surface area contributed by atoms with Crippen LogP contribution in [0, 0.1) is 0 Å². The minimum Gasteiger partial charge on any atom is -0.464 e. The summed E-state index contributed by atoms with van der Waals surface area (Å²) in [5.74, 6) is 0. The fourth-order valence-electron chi connectivity index (χ4n) is 2.59. The Hall–Kier alpha value is -1.72. The molecule has 2 aliphatic rings. The Morgan fingerprint density at radius 1 is 1.37 bits per heavy atom. The van der Waals surface area contributed by atoms with Crippen LogP contribution in [0.1, 0.15) is 5.56 Å². The molecule has 0 bridgehead atoms. The first-order valence-electron chi connectivity index (χ1n) is 6.19. The topological polar surface area (TPSA) is 49.0 Å². The number of nitrogens with zero attached hydrogens (tertiary/aromatic N) is 2. The molecule has 0 unspecified atom stereocenters. The molecule has 2 aliphatic heterocycles. The predicted octanol–water partition coefficient (Wildman–Crippen LogP) is 2.51. The number of thioether (sulfide) groups is 1. The van der Waals surface area contributed by atoms with Gasteiger partial charge in [-0.15, -0.1) is 0 Å². The maximum atomic E-state index is 9.57. The lowest BCUT2D eigenvalue weighted by atomic mass is 10.1. The molecule has 96 valence electrons. The molecule has 1 aromatic carbocycles. The second kappa shape index (κ2) is 4.15. The number of rotatable bonds is 2. The molecule has 19 heavy (non-hydrogen) atoms. The first-order chi connectivity index (χ1) is 9.38. The fourth-order valence-corrected chi connectivity index (χ4v) is 3.64. The fraction of sp³-hybridized carbons (Fsp3) is 0.214. The number of benzene rings is 1. The van der Waals surface area contributed by atoms with Crippen LogP contribution in [0.4, 0.5) is 0 Å². The molecule has 2 aromatic rings. The van der Waals surface area contributed by atoms with E-state index in [4.69, 9.17) is 4.42 Å².